The molecule has 1 aliphatic heterocycles. The van der Waals surface area contributed by atoms with E-state index in [0.29, 0.717) is 72.4 Å². The average Bonchev–Trinajstić information content (AvgIpc) is 3.41. The topological polar surface area (TPSA) is 187 Å². The number of carbonyl (C=O) groups excluding carboxylic acids is 4. The number of carboxylic acid groups (broad SMARTS) is 1. The van der Waals surface area contributed by atoms with Gasteiger partial charge in [0.2, 0.25) is 18.2 Å². The number of aromatic nitrogens is 2. The number of likely N-dealkylation sites (N-methyl/N-ethyl adjacent to an activating group) is 1. The highest BCUT2D eigenvalue weighted by Gasteiger charge is 2.54. The summed E-state index contributed by atoms with van der Waals surface area (Å²) in [6.07, 6.45) is 3.29. The van der Waals surface area contributed by atoms with E-state index >= 15 is 4.39 Å². The first-order valence-electron chi connectivity index (χ1n) is 15.9. The van der Waals surface area contributed by atoms with Gasteiger partial charge in [-0.05, 0) is 43.5 Å². The van der Waals surface area contributed by atoms with E-state index in [9.17, 15) is 29.4 Å². The van der Waals surface area contributed by atoms with E-state index < -0.39 is 17.8 Å². The van der Waals surface area contributed by atoms with Gasteiger partial charge in [-0.1, -0.05) is 12.1 Å². The molecule has 5 rings (SSSR count). The van der Waals surface area contributed by atoms with Crippen molar-refractivity contribution in [1.82, 2.24) is 24.9 Å². The Morgan fingerprint density at radius 3 is 2.51 bits per heavy atom. The van der Waals surface area contributed by atoms with Crippen LogP contribution in [0.5, 0.6) is 0 Å². The van der Waals surface area contributed by atoms with Crippen LogP contribution in [0.25, 0.3) is 22.0 Å². The van der Waals surface area contributed by atoms with Gasteiger partial charge in [-0.15, -0.1) is 0 Å². The number of nitrogens with zero attached hydrogens (tertiary/aromatic N) is 4. The number of fused-ring (bicyclic) bond motifs is 1. The summed E-state index contributed by atoms with van der Waals surface area (Å²) < 4.78 is 21.4. The monoisotopic (exact) mass is 679 g/mol. The van der Waals surface area contributed by atoms with Crippen molar-refractivity contribution in [3.63, 3.8) is 0 Å². The van der Waals surface area contributed by atoms with E-state index in [0.717, 1.165) is 5.52 Å². The molecule has 262 valence electrons. The number of aliphatic carboxylic acids is 1. The number of halogens is 1. The molecule has 2 aromatic carbocycles. The van der Waals surface area contributed by atoms with Crippen LogP contribution >= 0.6 is 0 Å². The molecule has 3 aromatic rings. The quantitative estimate of drug-likeness (QED) is 0.120. The second kappa shape index (κ2) is 15.7. The third-order valence-electron chi connectivity index (χ3n) is 9.07. The number of ether oxygens (including phenoxy) is 1. The van der Waals surface area contributed by atoms with Crippen molar-refractivity contribution >= 4 is 52.5 Å². The summed E-state index contributed by atoms with van der Waals surface area (Å²) in [6, 6.07) is 8.61. The van der Waals surface area contributed by atoms with Crippen LogP contribution in [0.4, 0.5) is 10.1 Å². The molecule has 2 heterocycles. The number of rotatable bonds is 13. The summed E-state index contributed by atoms with van der Waals surface area (Å²) in [5.41, 5.74) is 3.14. The van der Waals surface area contributed by atoms with Crippen LogP contribution in [0.15, 0.2) is 36.5 Å². The molecule has 4 N–H and O–H groups in total. The van der Waals surface area contributed by atoms with Crippen LogP contribution in [0.1, 0.15) is 38.2 Å². The van der Waals surface area contributed by atoms with E-state index in [1.54, 1.807) is 53.0 Å². The molecule has 3 amide bonds. The molecule has 2 fully saturated rings. The number of hydrogen-bond acceptors (Lipinski definition) is 9. The van der Waals surface area contributed by atoms with Crippen LogP contribution in [0.2, 0.25) is 0 Å². The maximum atomic E-state index is 15.5. The first-order chi connectivity index (χ1) is 23.3. The van der Waals surface area contributed by atoms with Gasteiger partial charge in [-0.25, -0.2) is 4.39 Å². The highest BCUT2D eigenvalue weighted by molar-refractivity contribution is 6.11. The third-order valence-corrected chi connectivity index (χ3v) is 9.07. The maximum absolute atomic E-state index is 15.5. The Bertz CT molecular complexity index is 1740. The van der Waals surface area contributed by atoms with Gasteiger partial charge >= 0.3 is 11.9 Å². The fourth-order valence-electron chi connectivity index (χ4n) is 6.24. The zero-order chi connectivity index (χ0) is 35.9. The molecule has 0 unspecified atom stereocenters. The number of aryl methyl sites for hydroxylation is 1. The minimum absolute atomic E-state index is 0.00836. The molecule has 0 atom stereocenters. The minimum atomic E-state index is -0.990. The highest BCUT2D eigenvalue weighted by Crippen LogP contribution is 2.53. The largest absolute Gasteiger partial charge is 0.481 e. The SMILES string of the molecule is CCN(C)C(=O)CNc1cccc(-c2cc3c(cnn3C)cc2F)c1C(=N)C1CC2(C1)CN(C(=O)CCC(=O)O)C2.COC(=O)CNC=O. The molecule has 14 nitrogen and oxygen atoms in total. The number of carbonyl (C=O) groups is 5. The third kappa shape index (κ3) is 8.39. The lowest BCUT2D eigenvalue weighted by molar-refractivity contribution is -0.154. The standard InChI is InChI=1S/C30H35FN6O4.C4H7NO3/c1-4-35(2)26(39)15-33-23-7-5-6-20(21-11-24-18(10-22(21)31)14-34-36(24)3)28(23)29(32)19-12-30(13-19)16-37(17-30)25(38)8-9-27(40)41;1-8-4(7)2-5-3-6/h5-7,10-11,14,19,32-33H,4,8-9,12-13,15-17H2,1-3H3,(H,40,41);3H,2H2,1H3,(H,5,6). The minimum Gasteiger partial charge on any atom is -0.481 e. The lowest BCUT2D eigenvalue weighted by Gasteiger charge is -2.59. The van der Waals surface area contributed by atoms with Crippen molar-refractivity contribution in [1.29, 1.82) is 5.41 Å². The smallest absolute Gasteiger partial charge is 0.325 e. The Labute approximate surface area is 283 Å². The van der Waals surface area contributed by atoms with Gasteiger partial charge in [0.25, 0.3) is 0 Å². The number of benzene rings is 2. The fourth-order valence-corrected chi connectivity index (χ4v) is 6.24. The van der Waals surface area contributed by atoms with Crippen molar-refractivity contribution in [2.75, 3.05) is 52.2 Å². The van der Waals surface area contributed by atoms with Gasteiger partial charge in [0.1, 0.15) is 12.4 Å². The predicted octanol–water partition coefficient (Wildman–Crippen LogP) is 2.65. The Kier molecular flexibility index (Phi) is 11.7. The van der Waals surface area contributed by atoms with Crippen molar-refractivity contribution in [3.8, 4) is 11.1 Å². The highest BCUT2D eigenvalue weighted by atomic mass is 19.1. The van der Waals surface area contributed by atoms with E-state index in [-0.39, 0.29) is 49.1 Å². The van der Waals surface area contributed by atoms with Crippen molar-refractivity contribution in [2.24, 2.45) is 18.4 Å². The van der Waals surface area contributed by atoms with Crippen LogP contribution < -0.4 is 10.6 Å². The van der Waals surface area contributed by atoms with Crippen LogP contribution in [-0.2, 0) is 35.8 Å². The second-order valence-electron chi connectivity index (χ2n) is 12.4. The number of carboxylic acids is 1. The number of methoxy groups -OCH3 is 1. The van der Waals surface area contributed by atoms with Gasteiger partial charge in [0.15, 0.2) is 0 Å². The molecule has 1 aliphatic carbocycles. The lowest BCUT2D eigenvalue weighted by Crippen LogP contribution is -2.64. The molecule has 15 heteroatoms. The molecule has 1 saturated carbocycles. The normalized spacial score (nSPS) is 14.5. The van der Waals surface area contributed by atoms with Gasteiger partial charge < -0.3 is 35.7 Å². The number of hydrogen-bond donors (Lipinski definition) is 4. The van der Waals surface area contributed by atoms with E-state index in [1.165, 1.54) is 13.2 Å². The summed E-state index contributed by atoms with van der Waals surface area (Å²) in [5.74, 6) is -2.20. The van der Waals surface area contributed by atoms with Crippen LogP contribution in [0, 0.1) is 22.6 Å². The molecule has 0 radical (unpaired) electrons. The molecule has 1 spiro atoms. The van der Waals surface area contributed by atoms with Crippen molar-refractivity contribution in [3.05, 3.63) is 47.9 Å². The summed E-state index contributed by atoms with van der Waals surface area (Å²) in [7, 11) is 4.78. The number of esters is 1. The number of amides is 3. The number of likely N-dealkylation sites (tertiary alicyclic amines) is 1. The maximum Gasteiger partial charge on any atom is 0.325 e. The predicted molar refractivity (Wildman–Crippen MR) is 179 cm³/mol. The Morgan fingerprint density at radius 2 is 1.88 bits per heavy atom. The molecule has 1 saturated heterocycles. The number of anilines is 1. The Morgan fingerprint density at radius 1 is 1.16 bits per heavy atom. The molecular weight excluding hydrogens is 637 g/mol. The Hall–Kier alpha value is -5.34. The summed E-state index contributed by atoms with van der Waals surface area (Å²) in [5, 5.41) is 28.4. The van der Waals surface area contributed by atoms with E-state index in [1.807, 2.05) is 13.0 Å². The molecule has 1 aromatic heterocycles. The molecule has 2 aliphatic rings. The zero-order valence-corrected chi connectivity index (χ0v) is 28.0. The average molecular weight is 680 g/mol. The van der Waals surface area contributed by atoms with Crippen LogP contribution in [0.3, 0.4) is 0 Å². The molecule has 0 bridgehead atoms. The van der Waals surface area contributed by atoms with E-state index in [2.05, 4.69) is 20.5 Å². The fraction of sp³-hybridized carbons (Fsp3) is 0.441. The first-order valence-corrected chi connectivity index (χ1v) is 15.9. The van der Waals surface area contributed by atoms with Gasteiger partial charge in [-0.3, -0.25) is 28.7 Å². The molecule has 49 heavy (non-hydrogen) atoms. The zero-order valence-electron chi connectivity index (χ0n) is 28.0. The van der Waals surface area contributed by atoms with E-state index in [4.69, 9.17) is 5.11 Å². The Balaban J connectivity index is 0.000000603. The van der Waals surface area contributed by atoms with Gasteiger partial charge in [0.05, 0.1) is 31.8 Å². The van der Waals surface area contributed by atoms with Crippen LogP contribution in [-0.4, -0.2) is 107 Å². The van der Waals surface area contributed by atoms with Crippen molar-refractivity contribution < 1.29 is 38.2 Å². The lowest BCUT2D eigenvalue weighted by atomic mass is 9.55. The van der Waals surface area contributed by atoms with Crippen molar-refractivity contribution in [2.45, 2.75) is 32.6 Å². The molecular formula is C34H42FN7O7. The summed E-state index contributed by atoms with van der Waals surface area (Å²) >= 11 is 0. The first kappa shape index (κ1) is 36.5. The summed E-state index contributed by atoms with van der Waals surface area (Å²) in [4.78, 5) is 58.6. The van der Waals surface area contributed by atoms with Gasteiger partial charge in [0, 0.05) is 79.4 Å². The van der Waals surface area contributed by atoms with Gasteiger partial charge in [-0.2, -0.15) is 5.10 Å². The number of nitrogens with one attached hydrogen (secondary N) is 3. The summed E-state index contributed by atoms with van der Waals surface area (Å²) in [6.45, 7) is 3.57. The second-order valence-corrected chi connectivity index (χ2v) is 12.4.